The minimum absolute atomic E-state index is 0.250. The summed E-state index contributed by atoms with van der Waals surface area (Å²) >= 11 is 1.51. The van der Waals surface area contributed by atoms with Gasteiger partial charge >= 0.3 is 0 Å². The zero-order valence-electron chi connectivity index (χ0n) is 12.6. The summed E-state index contributed by atoms with van der Waals surface area (Å²) in [7, 11) is -3.61. The van der Waals surface area contributed by atoms with E-state index in [1.807, 2.05) is 26.8 Å². The Morgan fingerprint density at radius 1 is 1.10 bits per heavy atom. The summed E-state index contributed by atoms with van der Waals surface area (Å²) in [6, 6.07) is 7.03. The second-order valence-corrected chi connectivity index (χ2v) is 8.70. The van der Waals surface area contributed by atoms with Gasteiger partial charge in [-0.3, -0.25) is 4.79 Å². The van der Waals surface area contributed by atoms with E-state index in [-0.39, 0.29) is 10.7 Å². The van der Waals surface area contributed by atoms with Gasteiger partial charge in [-0.15, -0.1) is 11.3 Å². The lowest BCUT2D eigenvalue weighted by Gasteiger charge is -2.08. The molecule has 2 rings (SSSR count). The van der Waals surface area contributed by atoms with E-state index in [9.17, 15) is 13.2 Å². The van der Waals surface area contributed by atoms with Crippen LogP contribution in [-0.4, -0.2) is 20.0 Å². The van der Waals surface area contributed by atoms with Gasteiger partial charge in [0, 0.05) is 15.3 Å². The van der Waals surface area contributed by atoms with E-state index in [2.05, 4.69) is 0 Å². The van der Waals surface area contributed by atoms with Crippen LogP contribution in [0.1, 0.15) is 31.2 Å². The fourth-order valence-corrected chi connectivity index (χ4v) is 4.80. The Labute approximate surface area is 129 Å². The first kappa shape index (κ1) is 15.9. The summed E-state index contributed by atoms with van der Waals surface area (Å²) in [6.07, 6.45) is 0. The highest BCUT2D eigenvalue weighted by Crippen LogP contribution is 2.24. The van der Waals surface area contributed by atoms with Crippen LogP contribution in [0.4, 0.5) is 0 Å². The molecule has 0 aliphatic carbocycles. The minimum Gasteiger partial charge on any atom is -0.293 e. The van der Waals surface area contributed by atoms with Crippen molar-refractivity contribution in [1.29, 1.82) is 0 Å². The number of aryl methyl sites for hydroxylation is 4. The topological polar surface area (TPSA) is 51.2 Å². The van der Waals surface area contributed by atoms with Gasteiger partial charge in [0.05, 0.1) is 4.90 Å². The molecule has 5 heteroatoms. The zero-order valence-corrected chi connectivity index (χ0v) is 14.2. The molecule has 0 aliphatic rings. The number of Topliss-reactive ketones (excluding diaryl/α,β-unsaturated/α-hetero) is 1. The summed E-state index contributed by atoms with van der Waals surface area (Å²) in [5, 5.41) is 0. The standard InChI is InChI=1S/C16H18O3S2/c1-10-5-6-11(2)16(7-10)21(18,19)9-15(17)14-8-12(3)20-13(14)4/h5-8H,9H2,1-4H3. The maximum Gasteiger partial charge on any atom is 0.186 e. The van der Waals surface area contributed by atoms with Crippen LogP contribution < -0.4 is 0 Å². The number of ketones is 1. The second-order valence-electron chi connectivity index (χ2n) is 5.28. The molecule has 1 heterocycles. The molecule has 0 amide bonds. The number of hydrogen-bond acceptors (Lipinski definition) is 4. The smallest absolute Gasteiger partial charge is 0.186 e. The van der Waals surface area contributed by atoms with Crippen LogP contribution in [0.2, 0.25) is 0 Å². The average molecular weight is 322 g/mol. The van der Waals surface area contributed by atoms with Gasteiger partial charge in [0.15, 0.2) is 15.6 Å². The van der Waals surface area contributed by atoms with Crippen molar-refractivity contribution in [2.45, 2.75) is 32.6 Å². The third kappa shape index (κ3) is 3.41. The third-order valence-electron chi connectivity index (χ3n) is 3.34. The molecule has 0 saturated carbocycles. The summed E-state index contributed by atoms with van der Waals surface area (Å²) in [4.78, 5) is 14.4. The fraction of sp³-hybridized carbons (Fsp3) is 0.312. The van der Waals surface area contributed by atoms with Gasteiger partial charge in [-0.25, -0.2) is 8.42 Å². The highest BCUT2D eigenvalue weighted by Gasteiger charge is 2.24. The Morgan fingerprint density at radius 2 is 1.76 bits per heavy atom. The molecule has 1 aromatic heterocycles. The van der Waals surface area contributed by atoms with Gasteiger partial charge in [-0.05, 0) is 51.0 Å². The van der Waals surface area contributed by atoms with Crippen LogP contribution in [0.3, 0.4) is 0 Å². The lowest BCUT2D eigenvalue weighted by Crippen LogP contribution is -2.17. The van der Waals surface area contributed by atoms with Crippen molar-refractivity contribution < 1.29 is 13.2 Å². The minimum atomic E-state index is -3.61. The van der Waals surface area contributed by atoms with Gasteiger partial charge in [0.25, 0.3) is 0 Å². The number of carbonyl (C=O) groups excluding carboxylic acids is 1. The highest BCUT2D eigenvalue weighted by molar-refractivity contribution is 7.92. The van der Waals surface area contributed by atoms with Crippen molar-refractivity contribution in [2.24, 2.45) is 0 Å². The Kier molecular flexibility index (Phi) is 4.35. The molecule has 0 fully saturated rings. The van der Waals surface area contributed by atoms with Crippen LogP contribution in [-0.2, 0) is 9.84 Å². The van der Waals surface area contributed by atoms with E-state index >= 15 is 0 Å². The van der Waals surface area contributed by atoms with E-state index in [0.29, 0.717) is 11.1 Å². The normalized spacial score (nSPS) is 11.6. The molecule has 0 saturated heterocycles. The average Bonchev–Trinajstić information content (AvgIpc) is 2.71. The lowest BCUT2D eigenvalue weighted by molar-refractivity contribution is 0.102. The first-order chi connectivity index (χ1) is 9.70. The number of carbonyl (C=O) groups is 1. The summed E-state index contributed by atoms with van der Waals surface area (Å²) in [5.41, 5.74) is 2.06. The predicted molar refractivity (Wildman–Crippen MR) is 86.1 cm³/mol. The Hall–Kier alpha value is -1.46. The van der Waals surface area contributed by atoms with Crippen LogP contribution in [0, 0.1) is 27.7 Å². The van der Waals surface area contributed by atoms with Crippen molar-refractivity contribution in [3.05, 3.63) is 50.7 Å². The third-order valence-corrected chi connectivity index (χ3v) is 6.06. The molecule has 0 spiro atoms. The van der Waals surface area contributed by atoms with Crippen molar-refractivity contribution in [3.8, 4) is 0 Å². The highest BCUT2D eigenvalue weighted by atomic mass is 32.2. The Balaban J connectivity index is 2.35. The van der Waals surface area contributed by atoms with Crippen LogP contribution >= 0.6 is 11.3 Å². The molecule has 0 unspecified atom stereocenters. The number of hydrogen-bond donors (Lipinski definition) is 0. The number of benzene rings is 1. The molecule has 0 bridgehead atoms. The van der Waals surface area contributed by atoms with Gasteiger partial charge in [0.2, 0.25) is 0 Å². The molecular formula is C16H18O3S2. The van der Waals surface area contributed by atoms with Crippen LogP contribution in [0.15, 0.2) is 29.2 Å². The summed E-state index contributed by atoms with van der Waals surface area (Å²) < 4.78 is 25.0. The molecule has 21 heavy (non-hydrogen) atoms. The Bertz CT molecular complexity index is 799. The number of rotatable bonds is 4. The van der Waals surface area contributed by atoms with Crippen LogP contribution in [0.5, 0.6) is 0 Å². The molecule has 0 N–H and O–H groups in total. The summed E-state index contributed by atoms with van der Waals surface area (Å²) in [5.74, 6) is -0.813. The molecule has 0 radical (unpaired) electrons. The molecule has 0 aliphatic heterocycles. The fourth-order valence-electron chi connectivity index (χ4n) is 2.28. The molecule has 0 atom stereocenters. The zero-order chi connectivity index (χ0) is 15.8. The van der Waals surface area contributed by atoms with E-state index in [1.54, 1.807) is 25.1 Å². The van der Waals surface area contributed by atoms with Gasteiger partial charge < -0.3 is 0 Å². The number of thiophene rings is 1. The molecule has 2 aromatic rings. The maximum atomic E-state index is 12.5. The van der Waals surface area contributed by atoms with Gasteiger partial charge in [-0.2, -0.15) is 0 Å². The Morgan fingerprint density at radius 3 is 2.33 bits per heavy atom. The molecular weight excluding hydrogens is 304 g/mol. The molecule has 3 nitrogen and oxygen atoms in total. The van der Waals surface area contributed by atoms with E-state index in [4.69, 9.17) is 0 Å². The van der Waals surface area contributed by atoms with Crippen LogP contribution in [0.25, 0.3) is 0 Å². The second kappa shape index (κ2) is 5.73. The van der Waals surface area contributed by atoms with Gasteiger partial charge in [-0.1, -0.05) is 12.1 Å². The first-order valence-electron chi connectivity index (χ1n) is 6.61. The van der Waals surface area contributed by atoms with E-state index in [0.717, 1.165) is 15.3 Å². The van der Waals surface area contributed by atoms with Crippen molar-refractivity contribution >= 4 is 27.0 Å². The summed E-state index contributed by atoms with van der Waals surface area (Å²) in [6.45, 7) is 7.34. The lowest BCUT2D eigenvalue weighted by atomic mass is 10.2. The molecule has 1 aromatic carbocycles. The quantitative estimate of drug-likeness (QED) is 0.808. The molecule has 112 valence electrons. The largest absolute Gasteiger partial charge is 0.293 e. The number of sulfone groups is 1. The van der Waals surface area contributed by atoms with E-state index in [1.165, 1.54) is 11.3 Å². The van der Waals surface area contributed by atoms with Crippen molar-refractivity contribution in [2.75, 3.05) is 5.75 Å². The van der Waals surface area contributed by atoms with E-state index < -0.39 is 15.6 Å². The maximum absolute atomic E-state index is 12.5. The first-order valence-corrected chi connectivity index (χ1v) is 9.08. The monoisotopic (exact) mass is 322 g/mol. The SMILES string of the molecule is Cc1ccc(C)c(S(=O)(=O)CC(=O)c2cc(C)sc2C)c1. The predicted octanol–water partition coefficient (Wildman–Crippen LogP) is 3.64. The van der Waals surface area contributed by atoms with Crippen molar-refractivity contribution in [1.82, 2.24) is 0 Å². The van der Waals surface area contributed by atoms with Crippen molar-refractivity contribution in [3.63, 3.8) is 0 Å². The van der Waals surface area contributed by atoms with Gasteiger partial charge in [0.1, 0.15) is 5.75 Å².